The number of carbonyl (C=O) groups excluding carboxylic acids is 2. The number of morpholine rings is 1. The van der Waals surface area contributed by atoms with E-state index in [-0.39, 0.29) is 36.7 Å². The molecule has 2 amide bonds. The molecule has 0 N–H and O–H groups in total. The van der Waals surface area contributed by atoms with Crippen LogP contribution in [-0.2, 0) is 14.3 Å². The average molecular weight is 322 g/mol. The van der Waals surface area contributed by atoms with Crippen molar-refractivity contribution in [2.75, 3.05) is 33.9 Å². The van der Waals surface area contributed by atoms with E-state index in [2.05, 4.69) is 0 Å². The molecule has 0 radical (unpaired) electrons. The summed E-state index contributed by atoms with van der Waals surface area (Å²) in [6.07, 6.45) is 2.74. The van der Waals surface area contributed by atoms with Crippen molar-refractivity contribution in [1.82, 2.24) is 9.80 Å². The molecule has 1 aromatic heterocycles. The van der Waals surface area contributed by atoms with Crippen LogP contribution < -0.4 is 0 Å². The van der Waals surface area contributed by atoms with Crippen LogP contribution >= 0.6 is 0 Å². The van der Waals surface area contributed by atoms with E-state index >= 15 is 0 Å². The van der Waals surface area contributed by atoms with Crippen LogP contribution in [0.3, 0.4) is 0 Å². The summed E-state index contributed by atoms with van der Waals surface area (Å²) in [7, 11) is 3.40. The first-order valence-electron chi connectivity index (χ1n) is 7.85. The topological polar surface area (TPSA) is 72.2 Å². The van der Waals surface area contributed by atoms with Gasteiger partial charge < -0.3 is 23.7 Å². The summed E-state index contributed by atoms with van der Waals surface area (Å²) in [6.45, 7) is 1.05. The second kappa shape index (κ2) is 6.72. The molecule has 7 nitrogen and oxygen atoms in total. The molecular weight excluding hydrogens is 300 g/mol. The monoisotopic (exact) mass is 322 g/mol. The van der Waals surface area contributed by atoms with Crippen molar-refractivity contribution in [3.05, 3.63) is 24.2 Å². The first kappa shape index (κ1) is 16.0. The minimum Gasteiger partial charge on any atom is -0.459 e. The molecule has 0 spiro atoms. The average Bonchev–Trinajstić information content (AvgIpc) is 3.21. The zero-order valence-corrected chi connectivity index (χ0v) is 13.4. The molecule has 3 rings (SSSR count). The summed E-state index contributed by atoms with van der Waals surface area (Å²) < 4.78 is 16.8. The van der Waals surface area contributed by atoms with Crippen LogP contribution in [0.25, 0.3) is 0 Å². The highest BCUT2D eigenvalue weighted by Gasteiger charge is 2.45. The minimum absolute atomic E-state index is 0.0270. The largest absolute Gasteiger partial charge is 0.459 e. The van der Waals surface area contributed by atoms with Crippen LogP contribution in [-0.4, -0.2) is 73.7 Å². The molecule has 3 atom stereocenters. The summed E-state index contributed by atoms with van der Waals surface area (Å²) in [4.78, 5) is 27.5. The maximum absolute atomic E-state index is 12.5. The molecule has 1 aromatic rings. The molecule has 1 saturated carbocycles. The maximum atomic E-state index is 12.5. The molecule has 1 saturated heterocycles. The first-order valence-corrected chi connectivity index (χ1v) is 7.85. The third-order valence-corrected chi connectivity index (χ3v) is 4.45. The Labute approximate surface area is 135 Å². The summed E-state index contributed by atoms with van der Waals surface area (Å²) in [5.74, 6) is 0.156. The first-order chi connectivity index (χ1) is 11.1. The quantitative estimate of drug-likeness (QED) is 0.818. The molecule has 23 heavy (non-hydrogen) atoms. The van der Waals surface area contributed by atoms with Gasteiger partial charge in [-0.15, -0.1) is 0 Å². The Morgan fingerprint density at radius 1 is 1.39 bits per heavy atom. The van der Waals surface area contributed by atoms with Gasteiger partial charge in [0, 0.05) is 20.6 Å². The van der Waals surface area contributed by atoms with Crippen molar-refractivity contribution >= 4 is 11.8 Å². The highest BCUT2D eigenvalue weighted by molar-refractivity contribution is 5.91. The number of carbonyl (C=O) groups is 2. The number of hydrogen-bond donors (Lipinski definition) is 0. The lowest BCUT2D eigenvalue weighted by Crippen LogP contribution is -2.54. The Hall–Kier alpha value is -1.86. The van der Waals surface area contributed by atoms with E-state index in [1.807, 2.05) is 4.90 Å². The van der Waals surface area contributed by atoms with Gasteiger partial charge in [0.15, 0.2) is 5.76 Å². The van der Waals surface area contributed by atoms with Crippen molar-refractivity contribution in [2.45, 2.75) is 31.1 Å². The van der Waals surface area contributed by atoms with Gasteiger partial charge in [0.1, 0.15) is 12.7 Å². The molecule has 7 heteroatoms. The Morgan fingerprint density at radius 2 is 2.22 bits per heavy atom. The van der Waals surface area contributed by atoms with Crippen LogP contribution in [0.15, 0.2) is 22.8 Å². The summed E-state index contributed by atoms with van der Waals surface area (Å²) in [6, 6.07) is 3.35. The number of likely N-dealkylation sites (N-methyl/N-ethyl adjacent to an activating group) is 1. The van der Waals surface area contributed by atoms with Gasteiger partial charge in [0.25, 0.3) is 5.91 Å². The van der Waals surface area contributed by atoms with E-state index in [1.54, 1.807) is 26.2 Å². The second-order valence-electron chi connectivity index (χ2n) is 6.09. The Bertz CT molecular complexity index is 557. The predicted molar refractivity (Wildman–Crippen MR) is 80.9 cm³/mol. The van der Waals surface area contributed by atoms with Gasteiger partial charge in [-0.05, 0) is 25.0 Å². The number of nitrogens with zero attached hydrogens (tertiary/aromatic N) is 2. The van der Waals surface area contributed by atoms with Gasteiger partial charge in [0.2, 0.25) is 5.91 Å². The van der Waals surface area contributed by atoms with E-state index in [1.165, 1.54) is 11.2 Å². The molecule has 0 unspecified atom stereocenters. The smallest absolute Gasteiger partial charge is 0.289 e. The number of rotatable bonds is 4. The highest BCUT2D eigenvalue weighted by Crippen LogP contribution is 2.33. The van der Waals surface area contributed by atoms with Crippen LogP contribution in [0.5, 0.6) is 0 Å². The van der Waals surface area contributed by atoms with Gasteiger partial charge in [-0.2, -0.15) is 0 Å². The lowest BCUT2D eigenvalue weighted by molar-refractivity contribution is -0.142. The summed E-state index contributed by atoms with van der Waals surface area (Å²) in [5, 5.41) is 0. The number of amides is 2. The Balaban J connectivity index is 1.63. The molecule has 1 aliphatic heterocycles. The van der Waals surface area contributed by atoms with Crippen molar-refractivity contribution in [1.29, 1.82) is 0 Å². The van der Waals surface area contributed by atoms with Crippen LogP contribution in [0, 0.1) is 0 Å². The molecule has 1 aliphatic carbocycles. The van der Waals surface area contributed by atoms with Crippen molar-refractivity contribution in [3.8, 4) is 0 Å². The second-order valence-corrected chi connectivity index (χ2v) is 6.09. The summed E-state index contributed by atoms with van der Waals surface area (Å²) >= 11 is 0. The summed E-state index contributed by atoms with van der Waals surface area (Å²) in [5.41, 5.74) is 0. The fourth-order valence-corrected chi connectivity index (χ4v) is 3.20. The number of furan rings is 1. The fraction of sp³-hybridized carbons (Fsp3) is 0.625. The van der Waals surface area contributed by atoms with Gasteiger partial charge in [0.05, 0.1) is 25.0 Å². The van der Waals surface area contributed by atoms with Gasteiger partial charge in [-0.25, -0.2) is 0 Å². The van der Waals surface area contributed by atoms with Crippen LogP contribution in [0.4, 0.5) is 0 Å². The predicted octanol–water partition coefficient (Wildman–Crippen LogP) is 0.756. The lowest BCUT2D eigenvalue weighted by atomic mass is 10.1. The molecule has 2 heterocycles. The Kier molecular flexibility index (Phi) is 4.68. The van der Waals surface area contributed by atoms with Gasteiger partial charge >= 0.3 is 0 Å². The molecule has 2 fully saturated rings. The van der Waals surface area contributed by atoms with Crippen molar-refractivity contribution in [3.63, 3.8) is 0 Å². The zero-order valence-electron chi connectivity index (χ0n) is 13.4. The number of hydrogen-bond acceptors (Lipinski definition) is 5. The molecular formula is C16H22N2O5. The number of fused-ring (bicyclic) bond motifs is 1. The van der Waals surface area contributed by atoms with Crippen molar-refractivity contribution in [2.24, 2.45) is 0 Å². The molecule has 0 bridgehead atoms. The van der Waals surface area contributed by atoms with Crippen LogP contribution in [0.2, 0.25) is 0 Å². The standard InChI is InChI=1S/C16H22N2O5/c1-17(2)14(19)10-23-12-6-5-11-15(12)22-9-7-18(11)16(20)13-4-3-8-21-13/h3-4,8,11-12,15H,5-7,9-10H2,1-2H3/t11-,12+,15+/m0/s1. The third kappa shape index (κ3) is 3.25. The van der Waals surface area contributed by atoms with E-state index in [0.717, 1.165) is 12.8 Å². The Morgan fingerprint density at radius 3 is 2.91 bits per heavy atom. The third-order valence-electron chi connectivity index (χ3n) is 4.45. The zero-order chi connectivity index (χ0) is 16.4. The fourth-order valence-electron chi connectivity index (χ4n) is 3.20. The van der Waals surface area contributed by atoms with E-state index in [4.69, 9.17) is 13.9 Å². The number of ether oxygens (including phenoxy) is 2. The highest BCUT2D eigenvalue weighted by atomic mass is 16.5. The molecule has 2 aliphatic rings. The lowest BCUT2D eigenvalue weighted by Gasteiger charge is -2.38. The minimum atomic E-state index is -0.183. The normalized spacial score (nSPS) is 26.9. The van der Waals surface area contributed by atoms with Gasteiger partial charge in [-0.1, -0.05) is 0 Å². The van der Waals surface area contributed by atoms with E-state index < -0.39 is 0 Å². The maximum Gasteiger partial charge on any atom is 0.289 e. The SMILES string of the molecule is CN(C)C(=O)CO[C@@H]1CC[C@H]2[C@H]1OCCN2C(=O)c1ccco1. The van der Waals surface area contributed by atoms with Crippen molar-refractivity contribution < 1.29 is 23.5 Å². The van der Waals surface area contributed by atoms with E-state index in [0.29, 0.717) is 18.9 Å². The van der Waals surface area contributed by atoms with E-state index in [9.17, 15) is 9.59 Å². The molecule has 126 valence electrons. The molecule has 0 aromatic carbocycles. The van der Waals surface area contributed by atoms with Gasteiger partial charge in [-0.3, -0.25) is 9.59 Å². The van der Waals surface area contributed by atoms with Crippen LogP contribution in [0.1, 0.15) is 23.4 Å².